The molecule has 0 saturated heterocycles. The summed E-state index contributed by atoms with van der Waals surface area (Å²) in [6.45, 7) is 3.33. The van der Waals surface area contributed by atoms with Crippen molar-refractivity contribution in [2.24, 2.45) is 0 Å². The Kier molecular flexibility index (Phi) is 5.57. The predicted molar refractivity (Wildman–Crippen MR) is 96.2 cm³/mol. The fourth-order valence-electron chi connectivity index (χ4n) is 3.41. The van der Waals surface area contributed by atoms with E-state index in [2.05, 4.69) is 9.97 Å². The van der Waals surface area contributed by atoms with Crippen molar-refractivity contribution in [3.63, 3.8) is 0 Å². The molecule has 1 aromatic carbocycles. The maximum Gasteiger partial charge on any atom is 0.254 e. The third kappa shape index (κ3) is 3.94. The van der Waals surface area contributed by atoms with Crippen LogP contribution in [0.25, 0.3) is 0 Å². The van der Waals surface area contributed by atoms with Gasteiger partial charge in [-0.3, -0.25) is 4.79 Å². The zero-order valence-electron chi connectivity index (χ0n) is 14.4. The van der Waals surface area contributed by atoms with E-state index in [-0.39, 0.29) is 11.1 Å². The van der Waals surface area contributed by atoms with Crippen molar-refractivity contribution in [2.45, 2.75) is 62.3 Å². The quantitative estimate of drug-likeness (QED) is 0.782. The second-order valence-corrected chi connectivity index (χ2v) is 7.91. The summed E-state index contributed by atoms with van der Waals surface area (Å²) in [7, 11) is 0. The van der Waals surface area contributed by atoms with E-state index in [4.69, 9.17) is 0 Å². The van der Waals surface area contributed by atoms with Crippen LogP contribution in [0.4, 0.5) is 8.78 Å². The molecule has 1 saturated carbocycles. The molecule has 0 bridgehead atoms. The van der Waals surface area contributed by atoms with Crippen molar-refractivity contribution in [1.29, 1.82) is 0 Å². The molecule has 3 nitrogen and oxygen atoms in total. The Morgan fingerprint density at radius 3 is 2.48 bits per heavy atom. The lowest BCUT2D eigenvalue weighted by molar-refractivity contribution is 0.515. The number of benzene rings is 1. The number of H-pyrrole nitrogens is 1. The molecule has 0 aliphatic heterocycles. The molecular weight excluding hydrogens is 342 g/mol. The van der Waals surface area contributed by atoms with E-state index < -0.39 is 17.6 Å². The Morgan fingerprint density at radius 2 is 1.84 bits per heavy atom. The minimum Gasteiger partial charge on any atom is -0.301 e. The van der Waals surface area contributed by atoms with Crippen LogP contribution in [0.1, 0.15) is 61.8 Å². The smallest absolute Gasteiger partial charge is 0.254 e. The third-order valence-electron chi connectivity index (χ3n) is 4.84. The topological polar surface area (TPSA) is 45.8 Å². The summed E-state index contributed by atoms with van der Waals surface area (Å²) in [6.07, 6.45) is 5.85. The van der Waals surface area contributed by atoms with Gasteiger partial charge in [-0.1, -0.05) is 44.0 Å². The van der Waals surface area contributed by atoms with Gasteiger partial charge in [-0.05, 0) is 31.9 Å². The third-order valence-corrected chi connectivity index (χ3v) is 6.06. The van der Waals surface area contributed by atoms with Crippen molar-refractivity contribution in [3.8, 4) is 0 Å². The van der Waals surface area contributed by atoms with Crippen LogP contribution in [0.2, 0.25) is 0 Å². The Labute approximate surface area is 150 Å². The molecule has 1 aliphatic carbocycles. The van der Waals surface area contributed by atoms with E-state index >= 15 is 0 Å². The van der Waals surface area contributed by atoms with E-state index in [0.29, 0.717) is 21.7 Å². The lowest BCUT2D eigenvalue weighted by Gasteiger charge is -2.21. The number of nitrogens with one attached hydrogen (secondary N) is 1. The fraction of sp³-hybridized carbons (Fsp3) is 0.474. The van der Waals surface area contributed by atoms with Gasteiger partial charge in [0.2, 0.25) is 0 Å². The first kappa shape index (κ1) is 18.1. The molecule has 25 heavy (non-hydrogen) atoms. The lowest BCUT2D eigenvalue weighted by Crippen LogP contribution is -2.20. The Balaban J connectivity index is 1.96. The lowest BCUT2D eigenvalue weighted by atomic mass is 9.94. The largest absolute Gasteiger partial charge is 0.301 e. The van der Waals surface area contributed by atoms with Crippen LogP contribution in [0, 0.1) is 18.6 Å². The molecule has 134 valence electrons. The molecule has 1 fully saturated rings. The molecule has 1 heterocycles. The Hall–Kier alpha value is -1.69. The van der Waals surface area contributed by atoms with Gasteiger partial charge in [0.25, 0.3) is 5.56 Å². The summed E-state index contributed by atoms with van der Waals surface area (Å²) in [5.41, 5.74) is 0.554. The highest BCUT2D eigenvalue weighted by Gasteiger charge is 2.23. The molecule has 0 spiro atoms. The minimum atomic E-state index is -0.630. The number of nitrogens with zero attached hydrogens (tertiary/aromatic N) is 1. The number of thioether (sulfide) groups is 1. The molecule has 1 atom stereocenters. The zero-order chi connectivity index (χ0) is 18.0. The van der Waals surface area contributed by atoms with Crippen LogP contribution in [-0.2, 0) is 0 Å². The summed E-state index contributed by atoms with van der Waals surface area (Å²) in [4.78, 5) is 19.7. The second kappa shape index (κ2) is 7.68. The second-order valence-electron chi connectivity index (χ2n) is 6.62. The van der Waals surface area contributed by atoms with Gasteiger partial charge < -0.3 is 4.98 Å². The molecule has 6 heteroatoms. The standard InChI is InChI=1S/C19H22F2N2OS/c1-11(16-14(20)9-6-10-15(16)21)17-12(2)18(24)23-19(22-17)25-13-7-4-3-5-8-13/h6,9-11,13H,3-5,7-8H2,1-2H3,(H,22,23,24). The highest BCUT2D eigenvalue weighted by Crippen LogP contribution is 2.33. The normalized spacial score (nSPS) is 16.8. The van der Waals surface area contributed by atoms with E-state index in [0.717, 1.165) is 12.8 Å². The summed E-state index contributed by atoms with van der Waals surface area (Å²) < 4.78 is 28.3. The van der Waals surface area contributed by atoms with Crippen LogP contribution in [0.15, 0.2) is 28.2 Å². The van der Waals surface area contributed by atoms with E-state index in [1.54, 1.807) is 25.6 Å². The van der Waals surface area contributed by atoms with Crippen molar-refractivity contribution in [1.82, 2.24) is 9.97 Å². The van der Waals surface area contributed by atoms with E-state index in [1.807, 2.05) is 0 Å². The number of rotatable bonds is 4. The number of aromatic nitrogens is 2. The Bertz CT molecular complexity index is 795. The van der Waals surface area contributed by atoms with Crippen molar-refractivity contribution in [3.05, 3.63) is 57.0 Å². The summed E-state index contributed by atoms with van der Waals surface area (Å²) in [6, 6.07) is 3.80. The number of halogens is 2. The molecule has 1 aliphatic rings. The maximum atomic E-state index is 14.1. The first-order chi connectivity index (χ1) is 12.0. The number of hydrogen-bond donors (Lipinski definition) is 1. The first-order valence-corrected chi connectivity index (χ1v) is 9.56. The molecule has 1 unspecified atom stereocenters. The van der Waals surface area contributed by atoms with Gasteiger partial charge in [0.1, 0.15) is 11.6 Å². The molecule has 1 N–H and O–H groups in total. The average molecular weight is 364 g/mol. The van der Waals surface area contributed by atoms with Gasteiger partial charge in [0.15, 0.2) is 5.16 Å². The van der Waals surface area contributed by atoms with Crippen LogP contribution >= 0.6 is 11.8 Å². The van der Waals surface area contributed by atoms with Gasteiger partial charge in [0, 0.05) is 22.3 Å². The predicted octanol–water partition coefficient (Wildman–Crippen LogP) is 4.93. The Morgan fingerprint density at radius 1 is 1.20 bits per heavy atom. The van der Waals surface area contributed by atoms with Crippen molar-refractivity contribution in [2.75, 3.05) is 0 Å². The molecule has 0 amide bonds. The highest BCUT2D eigenvalue weighted by molar-refractivity contribution is 7.99. The van der Waals surface area contributed by atoms with Crippen molar-refractivity contribution < 1.29 is 8.78 Å². The van der Waals surface area contributed by atoms with Gasteiger partial charge in [-0.25, -0.2) is 13.8 Å². The maximum absolute atomic E-state index is 14.1. The van der Waals surface area contributed by atoms with Crippen molar-refractivity contribution >= 4 is 11.8 Å². The number of hydrogen-bond acceptors (Lipinski definition) is 3. The summed E-state index contributed by atoms with van der Waals surface area (Å²) in [5, 5.41) is 0.981. The highest BCUT2D eigenvalue weighted by atomic mass is 32.2. The fourth-order valence-corrected chi connectivity index (χ4v) is 4.60. The summed E-state index contributed by atoms with van der Waals surface area (Å²) >= 11 is 1.57. The SMILES string of the molecule is Cc1c(C(C)c2c(F)cccc2F)nc(SC2CCCCC2)[nH]c1=O. The van der Waals surface area contributed by atoms with Gasteiger partial charge in [-0.2, -0.15) is 0 Å². The van der Waals surface area contributed by atoms with Crippen LogP contribution in [0.3, 0.4) is 0 Å². The van der Waals surface area contributed by atoms with Crippen LogP contribution in [0.5, 0.6) is 0 Å². The molecular formula is C19H22F2N2OS. The monoisotopic (exact) mass is 364 g/mol. The van der Waals surface area contributed by atoms with E-state index in [1.165, 1.54) is 37.5 Å². The minimum absolute atomic E-state index is 0.0442. The van der Waals surface area contributed by atoms with Gasteiger partial charge in [-0.15, -0.1) is 0 Å². The van der Waals surface area contributed by atoms with Gasteiger partial charge in [0.05, 0.1) is 5.69 Å². The number of aromatic amines is 1. The van der Waals surface area contributed by atoms with Crippen LogP contribution in [-0.4, -0.2) is 15.2 Å². The summed E-state index contributed by atoms with van der Waals surface area (Å²) in [5.74, 6) is -1.86. The molecule has 0 radical (unpaired) electrons. The van der Waals surface area contributed by atoms with Crippen LogP contribution < -0.4 is 5.56 Å². The molecule has 1 aromatic heterocycles. The molecule has 3 rings (SSSR count). The molecule has 2 aromatic rings. The van der Waals surface area contributed by atoms with Gasteiger partial charge >= 0.3 is 0 Å². The average Bonchev–Trinajstić information content (AvgIpc) is 2.58. The first-order valence-electron chi connectivity index (χ1n) is 8.68. The zero-order valence-corrected chi connectivity index (χ0v) is 15.3. The van der Waals surface area contributed by atoms with E-state index in [9.17, 15) is 13.6 Å².